The molecular formula is C13H13ClN2O3. The number of ether oxygens (including phenoxy) is 2. The number of nitrogens with zero attached hydrogens (tertiary/aromatic N) is 2. The van der Waals surface area contributed by atoms with Crippen LogP contribution in [0, 0.1) is 0 Å². The maximum Gasteiger partial charge on any atom is 0.172 e. The number of aldehydes is 1. The fraction of sp³-hybridized carbons (Fsp3) is 0.231. The maximum absolute atomic E-state index is 11.1. The van der Waals surface area contributed by atoms with Gasteiger partial charge >= 0.3 is 0 Å². The van der Waals surface area contributed by atoms with Crippen molar-refractivity contribution in [3.8, 4) is 11.5 Å². The Labute approximate surface area is 115 Å². The monoisotopic (exact) mass is 280 g/mol. The summed E-state index contributed by atoms with van der Waals surface area (Å²) in [6.45, 7) is 0.287. The summed E-state index contributed by atoms with van der Waals surface area (Å²) in [7, 11) is 3.36. The Bertz CT molecular complexity index is 596. The number of methoxy groups -OCH3 is 1. The van der Waals surface area contributed by atoms with E-state index in [1.807, 2.05) is 11.6 Å². The molecule has 100 valence electrons. The van der Waals surface area contributed by atoms with Crippen LogP contribution >= 0.6 is 11.6 Å². The SMILES string of the molecule is COc1cc(Cl)cc(C=O)c1OCc1cncn1C. The smallest absolute Gasteiger partial charge is 0.172 e. The van der Waals surface area contributed by atoms with E-state index < -0.39 is 0 Å². The molecule has 1 heterocycles. The molecule has 5 nitrogen and oxygen atoms in total. The second-order valence-electron chi connectivity index (χ2n) is 3.93. The van der Waals surface area contributed by atoms with E-state index in [4.69, 9.17) is 21.1 Å². The summed E-state index contributed by atoms with van der Waals surface area (Å²) in [4.78, 5) is 15.1. The maximum atomic E-state index is 11.1. The van der Waals surface area contributed by atoms with E-state index in [1.165, 1.54) is 13.2 Å². The second kappa shape index (κ2) is 5.75. The lowest BCUT2D eigenvalue weighted by atomic mass is 10.2. The fourth-order valence-corrected chi connectivity index (χ4v) is 1.87. The first kappa shape index (κ1) is 13.4. The van der Waals surface area contributed by atoms with E-state index >= 15 is 0 Å². The zero-order valence-electron chi connectivity index (χ0n) is 10.6. The van der Waals surface area contributed by atoms with Crippen LogP contribution in [-0.2, 0) is 13.7 Å². The van der Waals surface area contributed by atoms with Crippen molar-refractivity contribution in [3.05, 3.63) is 40.9 Å². The quantitative estimate of drug-likeness (QED) is 0.790. The molecule has 0 aliphatic carbocycles. The van der Waals surface area contributed by atoms with Crippen LogP contribution in [0.5, 0.6) is 11.5 Å². The first-order valence-corrected chi connectivity index (χ1v) is 5.94. The molecule has 0 aliphatic heterocycles. The number of carbonyl (C=O) groups is 1. The van der Waals surface area contributed by atoms with Gasteiger partial charge in [0.25, 0.3) is 0 Å². The molecule has 0 bridgehead atoms. The summed E-state index contributed by atoms with van der Waals surface area (Å²) >= 11 is 5.90. The molecule has 0 saturated carbocycles. The molecule has 0 N–H and O–H groups in total. The number of imidazole rings is 1. The van der Waals surface area contributed by atoms with Crippen LogP contribution in [0.25, 0.3) is 0 Å². The summed E-state index contributed by atoms with van der Waals surface area (Å²) in [6.07, 6.45) is 4.06. The van der Waals surface area contributed by atoms with E-state index in [1.54, 1.807) is 18.6 Å². The minimum Gasteiger partial charge on any atom is -0.493 e. The molecule has 1 aromatic carbocycles. The molecule has 2 rings (SSSR count). The first-order chi connectivity index (χ1) is 9.15. The molecule has 0 unspecified atom stereocenters. The van der Waals surface area contributed by atoms with Crippen LogP contribution in [0.4, 0.5) is 0 Å². The van der Waals surface area contributed by atoms with Crippen molar-refractivity contribution in [2.24, 2.45) is 7.05 Å². The predicted molar refractivity (Wildman–Crippen MR) is 70.9 cm³/mol. The number of hydrogen-bond donors (Lipinski definition) is 0. The van der Waals surface area contributed by atoms with Gasteiger partial charge < -0.3 is 14.0 Å². The molecule has 19 heavy (non-hydrogen) atoms. The highest BCUT2D eigenvalue weighted by molar-refractivity contribution is 6.31. The zero-order chi connectivity index (χ0) is 13.8. The molecule has 0 aliphatic rings. The highest BCUT2D eigenvalue weighted by Gasteiger charge is 2.13. The van der Waals surface area contributed by atoms with Crippen molar-refractivity contribution in [2.75, 3.05) is 7.11 Å². The normalized spacial score (nSPS) is 10.3. The minimum absolute atomic E-state index is 0.287. The van der Waals surface area contributed by atoms with Crippen molar-refractivity contribution < 1.29 is 14.3 Å². The lowest BCUT2D eigenvalue weighted by Crippen LogP contribution is -2.04. The van der Waals surface area contributed by atoms with Crippen molar-refractivity contribution in [3.63, 3.8) is 0 Å². The summed E-state index contributed by atoms with van der Waals surface area (Å²) in [5.41, 5.74) is 1.24. The molecular weight excluding hydrogens is 268 g/mol. The third-order valence-electron chi connectivity index (χ3n) is 2.68. The molecule has 2 aromatic rings. The van der Waals surface area contributed by atoms with E-state index in [0.29, 0.717) is 28.4 Å². The largest absolute Gasteiger partial charge is 0.493 e. The topological polar surface area (TPSA) is 53.4 Å². The number of halogens is 1. The molecule has 0 atom stereocenters. The molecule has 0 amide bonds. The third kappa shape index (κ3) is 2.88. The van der Waals surface area contributed by atoms with Gasteiger partial charge in [-0.2, -0.15) is 0 Å². The number of hydrogen-bond acceptors (Lipinski definition) is 4. The second-order valence-corrected chi connectivity index (χ2v) is 4.37. The van der Waals surface area contributed by atoms with Crippen molar-refractivity contribution in [1.82, 2.24) is 9.55 Å². The third-order valence-corrected chi connectivity index (χ3v) is 2.89. The highest BCUT2D eigenvalue weighted by Crippen LogP contribution is 2.34. The van der Waals surface area contributed by atoms with Gasteiger partial charge in [-0.1, -0.05) is 11.6 Å². The van der Waals surface area contributed by atoms with E-state index in [-0.39, 0.29) is 6.61 Å². The lowest BCUT2D eigenvalue weighted by molar-refractivity contribution is 0.111. The summed E-state index contributed by atoms with van der Waals surface area (Å²) < 4.78 is 12.7. The van der Waals surface area contributed by atoms with Crippen LogP contribution in [0.15, 0.2) is 24.7 Å². The first-order valence-electron chi connectivity index (χ1n) is 5.56. The predicted octanol–water partition coefficient (Wildman–Crippen LogP) is 2.47. The number of benzene rings is 1. The van der Waals surface area contributed by atoms with E-state index in [0.717, 1.165) is 5.69 Å². The zero-order valence-corrected chi connectivity index (χ0v) is 11.3. The molecule has 6 heteroatoms. The van der Waals surface area contributed by atoms with Gasteiger partial charge in [-0.15, -0.1) is 0 Å². The van der Waals surface area contributed by atoms with E-state index in [2.05, 4.69) is 4.98 Å². The number of carbonyl (C=O) groups excluding carboxylic acids is 1. The van der Waals surface area contributed by atoms with Crippen LogP contribution in [0.2, 0.25) is 5.02 Å². The number of aryl methyl sites for hydroxylation is 1. The Morgan fingerprint density at radius 1 is 1.47 bits per heavy atom. The highest BCUT2D eigenvalue weighted by atomic mass is 35.5. The minimum atomic E-state index is 0.287. The molecule has 1 aromatic heterocycles. The Hall–Kier alpha value is -2.01. The summed E-state index contributed by atoms with van der Waals surface area (Å²) in [6, 6.07) is 3.14. The Balaban J connectivity index is 2.28. The molecule has 0 radical (unpaired) electrons. The Morgan fingerprint density at radius 3 is 2.84 bits per heavy atom. The van der Waals surface area contributed by atoms with Gasteiger partial charge in [0.05, 0.1) is 30.9 Å². The molecule has 0 spiro atoms. The van der Waals surface area contributed by atoms with Crippen molar-refractivity contribution in [1.29, 1.82) is 0 Å². The summed E-state index contributed by atoms with van der Waals surface area (Å²) in [5, 5.41) is 0.423. The standard InChI is InChI=1S/C13H13ClN2O3/c1-16-8-15-5-11(16)7-19-13-9(6-17)3-10(14)4-12(13)18-2/h3-6,8H,7H2,1-2H3. The fourth-order valence-electron chi connectivity index (χ4n) is 1.65. The van der Waals surface area contributed by atoms with Gasteiger partial charge in [0.1, 0.15) is 6.61 Å². The van der Waals surface area contributed by atoms with Crippen LogP contribution in [0.1, 0.15) is 16.1 Å². The number of aromatic nitrogens is 2. The Morgan fingerprint density at radius 2 is 2.26 bits per heavy atom. The van der Waals surface area contributed by atoms with E-state index in [9.17, 15) is 4.79 Å². The number of rotatable bonds is 5. The van der Waals surface area contributed by atoms with Crippen LogP contribution in [0.3, 0.4) is 0 Å². The van der Waals surface area contributed by atoms with Gasteiger partial charge in [-0.3, -0.25) is 4.79 Å². The van der Waals surface area contributed by atoms with Crippen molar-refractivity contribution >= 4 is 17.9 Å². The lowest BCUT2D eigenvalue weighted by Gasteiger charge is -2.13. The Kier molecular flexibility index (Phi) is 4.06. The van der Waals surface area contributed by atoms with Gasteiger partial charge in [-0.25, -0.2) is 4.98 Å². The van der Waals surface area contributed by atoms with Gasteiger partial charge in [-0.05, 0) is 6.07 Å². The van der Waals surface area contributed by atoms with Crippen LogP contribution < -0.4 is 9.47 Å². The van der Waals surface area contributed by atoms with Gasteiger partial charge in [0.15, 0.2) is 17.8 Å². The van der Waals surface area contributed by atoms with Gasteiger partial charge in [0.2, 0.25) is 0 Å². The average Bonchev–Trinajstić information content (AvgIpc) is 2.81. The molecule has 0 saturated heterocycles. The van der Waals surface area contributed by atoms with Crippen molar-refractivity contribution in [2.45, 2.75) is 6.61 Å². The molecule has 0 fully saturated rings. The van der Waals surface area contributed by atoms with Gasteiger partial charge in [0, 0.05) is 18.1 Å². The van der Waals surface area contributed by atoms with Crippen LogP contribution in [-0.4, -0.2) is 22.9 Å². The average molecular weight is 281 g/mol. The summed E-state index contributed by atoms with van der Waals surface area (Å²) in [5.74, 6) is 0.805.